The molecule has 222 valence electrons. The van der Waals surface area contributed by atoms with E-state index >= 15 is 0 Å². The highest BCUT2D eigenvalue weighted by Gasteiger charge is 2.51. The van der Waals surface area contributed by atoms with Crippen LogP contribution in [0.5, 0.6) is 0 Å². The molecule has 0 atom stereocenters. The maximum Gasteiger partial charge on any atom is 0.255 e. The molecule has 1 saturated carbocycles. The topological polar surface area (TPSA) is 89.7 Å². The zero-order valence-corrected chi connectivity index (χ0v) is 25.0. The van der Waals surface area contributed by atoms with Crippen molar-refractivity contribution in [3.8, 4) is 11.1 Å². The molecule has 0 unspecified atom stereocenters. The number of hydrogen-bond acceptors (Lipinski definition) is 6. The molecule has 1 spiro atoms. The van der Waals surface area contributed by atoms with Gasteiger partial charge in [0.2, 0.25) is 11.8 Å². The summed E-state index contributed by atoms with van der Waals surface area (Å²) >= 11 is 0. The molecule has 43 heavy (non-hydrogen) atoms. The van der Waals surface area contributed by atoms with E-state index in [1.54, 1.807) is 6.26 Å². The van der Waals surface area contributed by atoms with Crippen molar-refractivity contribution >= 4 is 41.2 Å². The van der Waals surface area contributed by atoms with E-state index in [4.69, 9.17) is 9.41 Å². The fourth-order valence-corrected chi connectivity index (χ4v) is 6.86. The third-order valence-electron chi connectivity index (χ3n) is 9.51. The molecule has 3 aromatic rings. The number of carbonyl (C=O) groups is 3. The monoisotopic (exact) mass is 579 g/mol. The summed E-state index contributed by atoms with van der Waals surface area (Å²) in [4.78, 5) is 52.5. The molecule has 3 amide bonds. The number of rotatable bonds is 7. The first-order valence-electron chi connectivity index (χ1n) is 15.5. The van der Waals surface area contributed by atoms with Crippen molar-refractivity contribution in [2.75, 3.05) is 53.2 Å². The highest BCUT2D eigenvalue weighted by atomic mass is 16.3. The van der Waals surface area contributed by atoms with E-state index in [9.17, 15) is 14.4 Å². The number of amides is 3. The van der Waals surface area contributed by atoms with Crippen LogP contribution in [0.1, 0.15) is 31.2 Å². The Morgan fingerprint density at radius 3 is 2.42 bits per heavy atom. The van der Waals surface area contributed by atoms with E-state index in [0.29, 0.717) is 51.2 Å². The fraction of sp³-hybridized carbons (Fsp3) is 0.455. The van der Waals surface area contributed by atoms with E-state index in [1.807, 2.05) is 45.8 Å². The van der Waals surface area contributed by atoms with Gasteiger partial charge >= 0.3 is 0 Å². The van der Waals surface area contributed by atoms with Gasteiger partial charge in [-0.3, -0.25) is 19.4 Å². The number of likely N-dealkylation sites (tertiary alicyclic amines) is 1. The SMILES string of the molecule is CN(C)CC(=O)N1CCC2(CC1)N=C(c1ccc(-c3ccc4occc4c3)cc1)N(CB1CCN(C(=O)C3CC3)C1)C2=O. The zero-order valence-electron chi connectivity index (χ0n) is 25.0. The van der Waals surface area contributed by atoms with Crippen LogP contribution in [0.3, 0.4) is 0 Å². The molecule has 0 radical (unpaired) electrons. The number of aliphatic imine (C=N–C) groups is 1. The van der Waals surface area contributed by atoms with Crippen LogP contribution in [-0.4, -0.2) is 109 Å². The second-order valence-electron chi connectivity index (χ2n) is 13.0. The van der Waals surface area contributed by atoms with Gasteiger partial charge in [0.15, 0.2) is 6.71 Å². The highest BCUT2D eigenvalue weighted by Crippen LogP contribution is 2.37. The molecule has 1 aromatic heterocycles. The van der Waals surface area contributed by atoms with Gasteiger partial charge in [0.1, 0.15) is 17.0 Å². The number of furan rings is 1. The van der Waals surface area contributed by atoms with Crippen LogP contribution in [-0.2, 0) is 14.4 Å². The molecule has 1 aliphatic carbocycles. The zero-order chi connectivity index (χ0) is 29.7. The van der Waals surface area contributed by atoms with Gasteiger partial charge in [-0.05, 0) is 75.5 Å². The van der Waals surface area contributed by atoms with Crippen molar-refractivity contribution < 1.29 is 18.8 Å². The molecule has 3 aliphatic heterocycles. The number of nitrogens with zero attached hydrogens (tertiary/aromatic N) is 5. The Labute approximate surface area is 252 Å². The summed E-state index contributed by atoms with van der Waals surface area (Å²) in [7, 11) is 3.78. The lowest BCUT2D eigenvalue weighted by Crippen LogP contribution is -2.53. The van der Waals surface area contributed by atoms with Crippen molar-refractivity contribution in [2.45, 2.75) is 37.5 Å². The smallest absolute Gasteiger partial charge is 0.255 e. The Hall–Kier alpha value is -3.92. The first-order valence-corrected chi connectivity index (χ1v) is 15.5. The highest BCUT2D eigenvalue weighted by molar-refractivity contribution is 6.61. The van der Waals surface area contributed by atoms with E-state index < -0.39 is 5.54 Å². The quantitative estimate of drug-likeness (QED) is 0.401. The summed E-state index contributed by atoms with van der Waals surface area (Å²) in [6.07, 6.45) is 6.89. The van der Waals surface area contributed by atoms with Crippen LogP contribution < -0.4 is 0 Å². The molecule has 7 rings (SSSR count). The van der Waals surface area contributed by atoms with Gasteiger partial charge in [0.05, 0.1) is 12.8 Å². The van der Waals surface area contributed by atoms with Crippen LogP contribution in [0.4, 0.5) is 0 Å². The Morgan fingerprint density at radius 2 is 1.70 bits per heavy atom. The van der Waals surface area contributed by atoms with Gasteiger partial charge in [0, 0.05) is 42.9 Å². The standard InChI is InChI=1S/C33H38BN5O4/c1-36(2)20-29(40)37-15-12-33(13-16-37)32(42)39(22-34-14-17-38(21-34)31(41)25-7-8-25)30(35-33)24-5-3-23(4-6-24)26-9-10-28-27(19-26)11-18-43-28/h3-6,9-11,18-19,25H,7-8,12-17,20-22H2,1-2H3. The van der Waals surface area contributed by atoms with Gasteiger partial charge in [-0.2, -0.15) is 0 Å². The lowest BCUT2D eigenvalue weighted by molar-refractivity contribution is -0.138. The van der Waals surface area contributed by atoms with E-state index in [0.717, 1.165) is 53.4 Å². The summed E-state index contributed by atoms with van der Waals surface area (Å²) in [5, 5.41) is 1.06. The lowest BCUT2D eigenvalue weighted by Gasteiger charge is -2.37. The van der Waals surface area contributed by atoms with Crippen LogP contribution in [0, 0.1) is 5.92 Å². The summed E-state index contributed by atoms with van der Waals surface area (Å²) in [6.45, 7) is 2.38. The van der Waals surface area contributed by atoms with Crippen molar-refractivity contribution in [1.29, 1.82) is 0 Å². The van der Waals surface area contributed by atoms with Crippen molar-refractivity contribution in [1.82, 2.24) is 19.6 Å². The molecule has 10 heteroatoms. The average molecular weight is 580 g/mol. The minimum atomic E-state index is -0.850. The number of piperidine rings is 1. The minimum Gasteiger partial charge on any atom is -0.464 e. The summed E-state index contributed by atoms with van der Waals surface area (Å²) < 4.78 is 5.50. The molecular formula is C33H38BN5O4. The maximum atomic E-state index is 14.2. The van der Waals surface area contributed by atoms with Crippen molar-refractivity contribution in [3.63, 3.8) is 0 Å². The molecule has 9 nitrogen and oxygen atoms in total. The first kappa shape index (κ1) is 27.9. The number of likely N-dealkylation sites (N-methyl/N-ethyl adjacent to an activating group) is 1. The summed E-state index contributed by atoms with van der Waals surface area (Å²) in [5.41, 5.74) is 3.10. The van der Waals surface area contributed by atoms with Gasteiger partial charge in [-0.1, -0.05) is 36.7 Å². The van der Waals surface area contributed by atoms with E-state index in [1.165, 1.54) is 0 Å². The fourth-order valence-electron chi connectivity index (χ4n) is 6.86. The van der Waals surface area contributed by atoms with Crippen LogP contribution >= 0.6 is 0 Å². The number of amidine groups is 1. The first-order chi connectivity index (χ1) is 20.8. The Morgan fingerprint density at radius 1 is 0.977 bits per heavy atom. The third kappa shape index (κ3) is 5.37. The van der Waals surface area contributed by atoms with Gasteiger partial charge in [-0.15, -0.1) is 0 Å². The molecule has 4 aliphatic rings. The normalized spacial score (nSPS) is 20.2. The largest absolute Gasteiger partial charge is 0.464 e. The Kier molecular flexibility index (Phi) is 7.12. The third-order valence-corrected chi connectivity index (χ3v) is 9.51. The van der Waals surface area contributed by atoms with E-state index in [-0.39, 0.29) is 30.4 Å². The van der Waals surface area contributed by atoms with Crippen LogP contribution in [0.15, 0.2) is 64.2 Å². The minimum absolute atomic E-state index is 0.0312. The van der Waals surface area contributed by atoms with Crippen molar-refractivity contribution in [3.05, 3.63) is 60.4 Å². The van der Waals surface area contributed by atoms with Crippen molar-refractivity contribution in [2.24, 2.45) is 10.9 Å². The second-order valence-corrected chi connectivity index (χ2v) is 13.0. The molecule has 0 N–H and O–H groups in total. The maximum absolute atomic E-state index is 14.2. The Bertz CT molecular complexity index is 1590. The molecule has 2 saturated heterocycles. The molecule has 3 fully saturated rings. The van der Waals surface area contributed by atoms with Gasteiger partial charge in [-0.25, -0.2) is 0 Å². The summed E-state index contributed by atoms with van der Waals surface area (Å²) in [6, 6.07) is 16.4. The predicted molar refractivity (Wildman–Crippen MR) is 167 cm³/mol. The molecule has 2 aromatic carbocycles. The average Bonchev–Trinajstić information content (AvgIpc) is 3.47. The number of hydrogen-bond donors (Lipinski definition) is 0. The number of carbonyl (C=O) groups excluding carboxylic acids is 3. The molecule has 4 heterocycles. The van der Waals surface area contributed by atoms with Crippen LogP contribution in [0.25, 0.3) is 22.1 Å². The lowest BCUT2D eigenvalue weighted by atomic mass is 9.49. The second kappa shape index (κ2) is 11.0. The van der Waals surface area contributed by atoms with Gasteiger partial charge in [0.25, 0.3) is 5.91 Å². The number of fused-ring (bicyclic) bond motifs is 1. The molecular weight excluding hydrogens is 541 g/mol. The molecule has 0 bridgehead atoms. The van der Waals surface area contributed by atoms with Gasteiger partial charge < -0.3 is 24.0 Å². The Balaban J connectivity index is 1.14. The predicted octanol–water partition coefficient (Wildman–Crippen LogP) is 3.44. The number of benzene rings is 2. The van der Waals surface area contributed by atoms with E-state index in [2.05, 4.69) is 36.4 Å². The van der Waals surface area contributed by atoms with Crippen LogP contribution in [0.2, 0.25) is 6.32 Å². The summed E-state index contributed by atoms with van der Waals surface area (Å²) in [5.74, 6) is 1.31.